The largest absolute Gasteiger partial charge is 0.368 e. The number of carbonyl (C=O) groups is 2. The van der Waals surface area contributed by atoms with Crippen LogP contribution in [0.15, 0.2) is 55.1 Å². The maximum absolute atomic E-state index is 12.3. The van der Waals surface area contributed by atoms with Crippen molar-refractivity contribution in [2.24, 2.45) is 0 Å². The van der Waals surface area contributed by atoms with Gasteiger partial charge in [-0.05, 0) is 61.4 Å². The van der Waals surface area contributed by atoms with Crippen LogP contribution in [0.3, 0.4) is 0 Å². The van der Waals surface area contributed by atoms with Gasteiger partial charge in [0.2, 0.25) is 5.91 Å². The average molecular weight is 378 g/mol. The lowest BCUT2D eigenvalue weighted by atomic mass is 10.1. The zero-order valence-electron chi connectivity index (χ0n) is 16.4. The summed E-state index contributed by atoms with van der Waals surface area (Å²) < 4.78 is 0. The summed E-state index contributed by atoms with van der Waals surface area (Å²) in [4.78, 5) is 28.0. The van der Waals surface area contributed by atoms with Crippen molar-refractivity contribution in [3.05, 3.63) is 66.2 Å². The first kappa shape index (κ1) is 19.5. The molecule has 1 heterocycles. The summed E-state index contributed by atoms with van der Waals surface area (Å²) in [7, 11) is 0. The average Bonchev–Trinajstić information content (AvgIpc) is 2.71. The van der Waals surface area contributed by atoms with Crippen molar-refractivity contribution in [1.29, 1.82) is 0 Å². The molecule has 2 aromatic rings. The number of hydrogen-bond acceptors (Lipinski definition) is 3. The van der Waals surface area contributed by atoms with Crippen LogP contribution in [0.1, 0.15) is 11.1 Å². The van der Waals surface area contributed by atoms with Crippen LogP contribution in [0.2, 0.25) is 0 Å². The summed E-state index contributed by atoms with van der Waals surface area (Å²) in [5.74, 6) is -0.0194. The summed E-state index contributed by atoms with van der Waals surface area (Å²) in [5, 5.41) is 5.76. The Balaban J connectivity index is 1.56. The van der Waals surface area contributed by atoms with E-state index in [-0.39, 0.29) is 11.9 Å². The maximum atomic E-state index is 12.3. The van der Waals surface area contributed by atoms with Crippen molar-refractivity contribution >= 4 is 29.0 Å². The summed E-state index contributed by atoms with van der Waals surface area (Å²) >= 11 is 0. The molecular weight excluding hydrogens is 352 g/mol. The molecule has 28 heavy (non-hydrogen) atoms. The zero-order chi connectivity index (χ0) is 20.1. The molecule has 0 aromatic heterocycles. The van der Waals surface area contributed by atoms with Gasteiger partial charge in [0.25, 0.3) is 0 Å². The van der Waals surface area contributed by atoms with E-state index >= 15 is 0 Å². The molecule has 0 spiro atoms. The van der Waals surface area contributed by atoms with Crippen molar-refractivity contribution in [2.75, 3.05) is 41.7 Å². The highest BCUT2D eigenvalue weighted by atomic mass is 16.2. The van der Waals surface area contributed by atoms with E-state index in [4.69, 9.17) is 0 Å². The molecule has 0 atom stereocenters. The van der Waals surface area contributed by atoms with E-state index in [2.05, 4.69) is 22.1 Å². The lowest BCUT2D eigenvalue weighted by Crippen LogP contribution is -2.48. The molecule has 1 saturated heterocycles. The minimum Gasteiger partial charge on any atom is -0.368 e. The fourth-order valence-corrected chi connectivity index (χ4v) is 3.22. The first-order chi connectivity index (χ1) is 13.5. The van der Waals surface area contributed by atoms with E-state index in [1.807, 2.05) is 56.3 Å². The van der Waals surface area contributed by atoms with Crippen LogP contribution in [-0.4, -0.2) is 43.0 Å². The number of nitrogens with zero attached hydrogens (tertiary/aromatic N) is 2. The Labute approximate surface area is 165 Å². The van der Waals surface area contributed by atoms with E-state index in [1.165, 1.54) is 6.08 Å². The Morgan fingerprint density at radius 1 is 0.964 bits per heavy atom. The Morgan fingerprint density at radius 2 is 1.64 bits per heavy atom. The molecule has 3 rings (SSSR count). The Bertz CT molecular complexity index is 869. The molecule has 3 amide bonds. The number of benzene rings is 2. The Kier molecular flexibility index (Phi) is 5.99. The van der Waals surface area contributed by atoms with Crippen molar-refractivity contribution in [2.45, 2.75) is 13.8 Å². The van der Waals surface area contributed by atoms with Gasteiger partial charge in [-0.15, -0.1) is 0 Å². The van der Waals surface area contributed by atoms with Crippen LogP contribution in [0.5, 0.6) is 0 Å². The molecule has 1 aliphatic heterocycles. The van der Waals surface area contributed by atoms with E-state index in [0.29, 0.717) is 13.1 Å². The van der Waals surface area contributed by atoms with E-state index in [1.54, 1.807) is 4.90 Å². The molecule has 2 aromatic carbocycles. The van der Waals surface area contributed by atoms with Gasteiger partial charge in [0, 0.05) is 43.2 Å². The molecule has 0 unspecified atom stereocenters. The third kappa shape index (κ3) is 4.71. The molecule has 0 radical (unpaired) electrons. The second-order valence-corrected chi connectivity index (χ2v) is 6.96. The predicted octanol–water partition coefficient (Wildman–Crippen LogP) is 3.78. The standard InChI is InChI=1S/C22H26N4O2/c1-4-21(27)26-13-11-25(12-14-26)19-9-7-18(8-10-19)23-22(28)24-20-15-16(2)5-6-17(20)3/h4-10,15H,1,11-14H2,2-3H3,(H2,23,24,28). The Morgan fingerprint density at radius 3 is 2.29 bits per heavy atom. The minimum absolute atomic E-state index is 0.0194. The lowest BCUT2D eigenvalue weighted by Gasteiger charge is -2.35. The third-order valence-electron chi connectivity index (χ3n) is 4.90. The molecule has 0 aliphatic carbocycles. The van der Waals surface area contributed by atoms with Crippen LogP contribution >= 0.6 is 0 Å². The van der Waals surface area contributed by atoms with E-state index < -0.39 is 0 Å². The number of rotatable bonds is 4. The van der Waals surface area contributed by atoms with Gasteiger partial charge in [-0.2, -0.15) is 0 Å². The van der Waals surface area contributed by atoms with Gasteiger partial charge < -0.3 is 20.4 Å². The van der Waals surface area contributed by atoms with Crippen LogP contribution in [0, 0.1) is 13.8 Å². The number of carbonyl (C=O) groups excluding carboxylic acids is 2. The summed E-state index contributed by atoms with van der Waals surface area (Å²) in [6.07, 6.45) is 1.36. The smallest absolute Gasteiger partial charge is 0.323 e. The van der Waals surface area contributed by atoms with Crippen LogP contribution in [0.25, 0.3) is 0 Å². The van der Waals surface area contributed by atoms with Crippen molar-refractivity contribution in [3.8, 4) is 0 Å². The Hall–Kier alpha value is -3.28. The predicted molar refractivity (Wildman–Crippen MR) is 114 cm³/mol. The number of urea groups is 1. The van der Waals surface area contributed by atoms with Crippen LogP contribution in [0.4, 0.5) is 21.9 Å². The maximum Gasteiger partial charge on any atom is 0.323 e. The second-order valence-electron chi connectivity index (χ2n) is 6.96. The molecule has 1 fully saturated rings. The molecule has 6 heteroatoms. The monoisotopic (exact) mass is 378 g/mol. The summed E-state index contributed by atoms with van der Waals surface area (Å²) in [6, 6.07) is 13.4. The third-order valence-corrected chi connectivity index (χ3v) is 4.90. The van der Waals surface area contributed by atoms with Gasteiger partial charge in [0.05, 0.1) is 0 Å². The fourth-order valence-electron chi connectivity index (χ4n) is 3.22. The normalized spacial score (nSPS) is 13.8. The zero-order valence-corrected chi connectivity index (χ0v) is 16.4. The van der Waals surface area contributed by atoms with Crippen molar-refractivity contribution in [1.82, 2.24) is 4.90 Å². The van der Waals surface area contributed by atoms with Crippen LogP contribution in [-0.2, 0) is 4.79 Å². The van der Waals surface area contributed by atoms with Crippen LogP contribution < -0.4 is 15.5 Å². The number of nitrogens with one attached hydrogen (secondary N) is 2. The highest BCUT2D eigenvalue weighted by Gasteiger charge is 2.19. The SMILES string of the molecule is C=CC(=O)N1CCN(c2ccc(NC(=O)Nc3cc(C)ccc3C)cc2)CC1. The quantitative estimate of drug-likeness (QED) is 0.796. The second kappa shape index (κ2) is 8.61. The van der Waals surface area contributed by atoms with E-state index in [0.717, 1.165) is 41.3 Å². The number of hydrogen-bond donors (Lipinski definition) is 2. The molecule has 1 aliphatic rings. The van der Waals surface area contributed by atoms with Crippen molar-refractivity contribution in [3.63, 3.8) is 0 Å². The number of piperazine rings is 1. The van der Waals surface area contributed by atoms with Gasteiger partial charge >= 0.3 is 6.03 Å². The topological polar surface area (TPSA) is 64.7 Å². The van der Waals surface area contributed by atoms with Gasteiger partial charge in [0.1, 0.15) is 0 Å². The highest BCUT2D eigenvalue weighted by Crippen LogP contribution is 2.21. The molecule has 146 valence electrons. The van der Waals surface area contributed by atoms with Gasteiger partial charge in [0.15, 0.2) is 0 Å². The van der Waals surface area contributed by atoms with E-state index in [9.17, 15) is 9.59 Å². The lowest BCUT2D eigenvalue weighted by molar-refractivity contribution is -0.126. The molecule has 2 N–H and O–H groups in total. The molecule has 0 saturated carbocycles. The molecular formula is C22H26N4O2. The first-order valence-corrected chi connectivity index (χ1v) is 9.38. The molecule has 6 nitrogen and oxygen atoms in total. The summed E-state index contributed by atoms with van der Waals surface area (Å²) in [5.41, 5.74) is 4.73. The molecule has 0 bridgehead atoms. The fraction of sp³-hybridized carbons (Fsp3) is 0.273. The van der Waals surface area contributed by atoms with Gasteiger partial charge in [-0.3, -0.25) is 4.79 Å². The van der Waals surface area contributed by atoms with Gasteiger partial charge in [-0.1, -0.05) is 18.7 Å². The highest BCUT2D eigenvalue weighted by molar-refractivity contribution is 6.00. The first-order valence-electron chi connectivity index (χ1n) is 9.38. The number of anilines is 3. The minimum atomic E-state index is -0.266. The summed E-state index contributed by atoms with van der Waals surface area (Å²) in [6.45, 7) is 10.4. The number of amides is 3. The van der Waals surface area contributed by atoms with Crippen molar-refractivity contribution < 1.29 is 9.59 Å². The number of aryl methyl sites for hydroxylation is 2. The van der Waals surface area contributed by atoms with Gasteiger partial charge in [-0.25, -0.2) is 4.79 Å².